The quantitative estimate of drug-likeness (QED) is 0.167. The van der Waals surface area contributed by atoms with Crippen LogP contribution in [0.2, 0.25) is 0 Å². The summed E-state index contributed by atoms with van der Waals surface area (Å²) in [5, 5.41) is 30.9. The smallest absolute Gasteiger partial charge is 0.295 e. The summed E-state index contributed by atoms with van der Waals surface area (Å²) in [4.78, 5) is -0.271. The first-order chi connectivity index (χ1) is 13.3. The molecule has 0 aliphatic rings. The Morgan fingerprint density at radius 1 is 1.04 bits per heavy atom. The van der Waals surface area contributed by atoms with Crippen molar-refractivity contribution in [1.29, 1.82) is 0 Å². The van der Waals surface area contributed by atoms with Crippen molar-refractivity contribution in [3.63, 3.8) is 0 Å². The highest BCUT2D eigenvalue weighted by atomic mass is 32.2. The number of nitrogens with zero attached hydrogens (tertiary/aromatic N) is 2. The van der Waals surface area contributed by atoms with E-state index in [1.807, 2.05) is 0 Å². The first-order valence-corrected chi connectivity index (χ1v) is 9.89. The van der Waals surface area contributed by atoms with Crippen molar-refractivity contribution in [2.24, 2.45) is 10.2 Å². The molecule has 0 amide bonds. The number of fused-ring (bicyclic) bond motifs is 1. The summed E-state index contributed by atoms with van der Waals surface area (Å²) in [5.74, 6) is -0.383. The Hall–Kier alpha value is -2.54. The number of benzene rings is 3. The van der Waals surface area contributed by atoms with Crippen LogP contribution in [0.3, 0.4) is 0 Å². The lowest BCUT2D eigenvalue weighted by Crippen LogP contribution is -2.02. The summed E-state index contributed by atoms with van der Waals surface area (Å²) in [6.45, 7) is 1.50. The lowest BCUT2D eigenvalue weighted by molar-refractivity contribution is -0.432. The highest BCUT2D eigenvalue weighted by molar-refractivity contribution is 7.94. The SMILES string of the molecule is Cc1ccc2c(O)c(N=Nc3ccccc3)c(SOOO)cc2c1S(=O)(=O)O. The first kappa shape index (κ1) is 20.2. The van der Waals surface area contributed by atoms with E-state index in [2.05, 4.69) is 19.6 Å². The minimum atomic E-state index is -4.58. The zero-order chi connectivity index (χ0) is 20.3. The normalized spacial score (nSPS) is 12.1. The molecule has 0 unspecified atom stereocenters. The van der Waals surface area contributed by atoms with Gasteiger partial charge in [-0.05, 0) is 30.7 Å². The van der Waals surface area contributed by atoms with Crippen molar-refractivity contribution >= 4 is 44.3 Å². The van der Waals surface area contributed by atoms with Crippen molar-refractivity contribution in [3.8, 4) is 5.75 Å². The molecule has 146 valence electrons. The van der Waals surface area contributed by atoms with E-state index in [0.717, 1.165) is 0 Å². The molecule has 0 aliphatic carbocycles. The average Bonchev–Trinajstić information content (AvgIpc) is 2.65. The predicted octanol–water partition coefficient (Wildman–Crippen LogP) is 4.94. The van der Waals surface area contributed by atoms with Gasteiger partial charge in [0.1, 0.15) is 10.6 Å². The van der Waals surface area contributed by atoms with Crippen LogP contribution < -0.4 is 0 Å². The minimum Gasteiger partial charge on any atom is -0.505 e. The summed E-state index contributed by atoms with van der Waals surface area (Å²) in [5.41, 5.74) is 0.756. The third-order valence-corrected chi connectivity index (χ3v) is 5.49. The van der Waals surface area contributed by atoms with Crippen LogP contribution in [0.25, 0.3) is 10.8 Å². The van der Waals surface area contributed by atoms with E-state index < -0.39 is 10.1 Å². The molecular weight excluding hydrogens is 408 g/mol. The first-order valence-electron chi connectivity index (χ1n) is 7.71. The van der Waals surface area contributed by atoms with Crippen molar-refractivity contribution in [2.75, 3.05) is 0 Å². The summed E-state index contributed by atoms with van der Waals surface area (Å²) in [6.07, 6.45) is 0. The lowest BCUT2D eigenvalue weighted by atomic mass is 10.1. The van der Waals surface area contributed by atoms with Gasteiger partial charge in [-0.1, -0.05) is 35.4 Å². The van der Waals surface area contributed by atoms with Gasteiger partial charge in [0.2, 0.25) is 0 Å². The fourth-order valence-electron chi connectivity index (χ4n) is 2.66. The van der Waals surface area contributed by atoms with Crippen LogP contribution in [0.1, 0.15) is 5.56 Å². The molecule has 3 aromatic carbocycles. The molecule has 0 bridgehead atoms. The van der Waals surface area contributed by atoms with Crippen molar-refractivity contribution < 1.29 is 32.7 Å². The molecule has 0 heterocycles. The topological polar surface area (TPSA) is 138 Å². The number of phenols is 1. The highest BCUT2D eigenvalue weighted by Gasteiger charge is 2.23. The third-order valence-electron chi connectivity index (χ3n) is 3.82. The molecule has 0 radical (unpaired) electrons. The molecule has 3 aromatic rings. The Kier molecular flexibility index (Phi) is 5.93. The monoisotopic (exact) mass is 422 g/mol. The third kappa shape index (κ3) is 4.14. The second-order valence-electron chi connectivity index (χ2n) is 5.62. The van der Waals surface area contributed by atoms with Crippen LogP contribution in [-0.2, 0) is 19.5 Å². The summed E-state index contributed by atoms with van der Waals surface area (Å²) >= 11 is 0.474. The molecule has 28 heavy (non-hydrogen) atoms. The molecule has 0 spiro atoms. The Balaban J connectivity index is 2.27. The predicted molar refractivity (Wildman–Crippen MR) is 101 cm³/mol. The van der Waals surface area contributed by atoms with E-state index >= 15 is 0 Å². The number of hydrogen-bond donors (Lipinski definition) is 3. The molecular formula is C17H14N2O7S2. The highest BCUT2D eigenvalue weighted by Crippen LogP contribution is 2.45. The molecule has 0 aliphatic heterocycles. The fraction of sp³-hybridized carbons (Fsp3) is 0.0588. The Morgan fingerprint density at radius 2 is 1.75 bits per heavy atom. The molecule has 11 heteroatoms. The van der Waals surface area contributed by atoms with Crippen LogP contribution in [0.5, 0.6) is 5.75 Å². The van der Waals surface area contributed by atoms with E-state index in [1.54, 1.807) is 30.3 Å². The molecule has 0 saturated heterocycles. The summed E-state index contributed by atoms with van der Waals surface area (Å²) < 4.78 is 37.7. The number of azo groups is 1. The fourth-order valence-corrected chi connectivity index (χ4v) is 4.07. The molecule has 0 saturated carbocycles. The van der Waals surface area contributed by atoms with E-state index in [4.69, 9.17) is 5.26 Å². The average molecular weight is 422 g/mol. The minimum absolute atomic E-state index is 0.0384. The Labute approximate surface area is 164 Å². The van der Waals surface area contributed by atoms with Gasteiger partial charge in [0.05, 0.1) is 22.6 Å². The number of rotatable bonds is 6. The van der Waals surface area contributed by atoms with Gasteiger partial charge in [-0.25, -0.2) is 5.26 Å². The molecule has 0 atom stereocenters. The van der Waals surface area contributed by atoms with E-state index in [0.29, 0.717) is 17.7 Å². The van der Waals surface area contributed by atoms with Gasteiger partial charge in [-0.15, -0.1) is 9.45 Å². The molecule has 3 rings (SSSR count). The van der Waals surface area contributed by atoms with Gasteiger partial charge < -0.3 is 5.11 Å². The van der Waals surface area contributed by atoms with Gasteiger partial charge in [0.15, 0.2) is 5.75 Å². The molecule has 0 aromatic heterocycles. The van der Waals surface area contributed by atoms with Crippen LogP contribution in [0.15, 0.2) is 68.6 Å². The Bertz CT molecular complexity index is 1150. The standard InChI is InChI=1S/C17H14N2O7S2/c1-10-7-8-12-13(17(10)28(22,23)24)9-14(27-26-25-21)15(16(12)20)19-18-11-5-3-2-4-6-11/h2-9,20-21H,1H3,(H,22,23,24). The number of aryl methyl sites for hydroxylation is 1. The Morgan fingerprint density at radius 3 is 2.39 bits per heavy atom. The summed E-state index contributed by atoms with van der Waals surface area (Å²) in [6, 6.07) is 13.0. The maximum atomic E-state index is 11.8. The maximum absolute atomic E-state index is 11.8. The van der Waals surface area contributed by atoms with Crippen molar-refractivity contribution in [3.05, 3.63) is 54.1 Å². The van der Waals surface area contributed by atoms with Gasteiger partial charge in [-0.3, -0.25) is 4.55 Å². The van der Waals surface area contributed by atoms with E-state index in [-0.39, 0.29) is 37.6 Å². The van der Waals surface area contributed by atoms with Crippen LogP contribution >= 0.6 is 12.0 Å². The molecule has 3 N–H and O–H groups in total. The number of phenolic OH excluding ortho intramolecular Hbond substituents is 1. The van der Waals surface area contributed by atoms with Gasteiger partial charge in [0, 0.05) is 10.8 Å². The van der Waals surface area contributed by atoms with Crippen LogP contribution in [0, 0.1) is 6.92 Å². The van der Waals surface area contributed by atoms with Gasteiger partial charge >= 0.3 is 0 Å². The molecule has 9 nitrogen and oxygen atoms in total. The van der Waals surface area contributed by atoms with Gasteiger partial charge in [0.25, 0.3) is 10.1 Å². The molecule has 0 fully saturated rings. The lowest BCUT2D eigenvalue weighted by Gasteiger charge is -2.12. The van der Waals surface area contributed by atoms with Crippen LogP contribution in [-0.4, -0.2) is 23.3 Å². The second kappa shape index (κ2) is 8.22. The zero-order valence-electron chi connectivity index (χ0n) is 14.3. The van der Waals surface area contributed by atoms with Crippen molar-refractivity contribution in [2.45, 2.75) is 16.7 Å². The van der Waals surface area contributed by atoms with Gasteiger partial charge in [-0.2, -0.15) is 13.5 Å². The van der Waals surface area contributed by atoms with E-state index in [1.165, 1.54) is 25.1 Å². The van der Waals surface area contributed by atoms with Crippen LogP contribution in [0.4, 0.5) is 11.4 Å². The second-order valence-corrected chi connectivity index (χ2v) is 7.72. The zero-order valence-corrected chi connectivity index (χ0v) is 15.9. The maximum Gasteiger partial charge on any atom is 0.295 e. The largest absolute Gasteiger partial charge is 0.505 e. The van der Waals surface area contributed by atoms with Crippen molar-refractivity contribution in [1.82, 2.24) is 0 Å². The number of hydrogen-bond acceptors (Lipinski definition) is 9. The van der Waals surface area contributed by atoms with E-state index in [9.17, 15) is 18.1 Å². The summed E-state index contributed by atoms with van der Waals surface area (Å²) in [7, 11) is -4.58. The number of aromatic hydroxyl groups is 1.